The number of thiophene rings is 1. The Morgan fingerprint density at radius 2 is 2.48 bits per heavy atom. The number of carbonyl (C=O) groups excluding carboxylic acids is 1. The summed E-state index contributed by atoms with van der Waals surface area (Å²) >= 11 is 1.81. The number of nitrogens with zero attached hydrogens (tertiary/aromatic N) is 3. The van der Waals surface area contributed by atoms with E-state index in [0.29, 0.717) is 6.54 Å². The van der Waals surface area contributed by atoms with Crippen LogP contribution >= 0.6 is 11.3 Å². The molecule has 0 spiro atoms. The second kappa shape index (κ2) is 6.30. The SMILES string of the molecule is CC[C@@H]1c2ccsc2CCN1C(=O)NCCn1ccnc1. The van der Waals surface area contributed by atoms with Gasteiger partial charge in [-0.05, 0) is 29.9 Å². The molecule has 0 fully saturated rings. The van der Waals surface area contributed by atoms with Crippen LogP contribution in [0.3, 0.4) is 0 Å². The van der Waals surface area contributed by atoms with E-state index in [4.69, 9.17) is 0 Å². The summed E-state index contributed by atoms with van der Waals surface area (Å²) in [6, 6.07) is 2.42. The lowest BCUT2D eigenvalue weighted by Crippen LogP contribution is -2.45. The fourth-order valence-electron chi connectivity index (χ4n) is 2.89. The van der Waals surface area contributed by atoms with Gasteiger partial charge in [0.2, 0.25) is 0 Å². The van der Waals surface area contributed by atoms with Crippen molar-refractivity contribution < 1.29 is 4.79 Å². The van der Waals surface area contributed by atoms with Crippen molar-refractivity contribution >= 4 is 17.4 Å². The molecule has 6 heteroatoms. The smallest absolute Gasteiger partial charge is 0.317 e. The van der Waals surface area contributed by atoms with Crippen molar-refractivity contribution in [3.63, 3.8) is 0 Å². The summed E-state index contributed by atoms with van der Waals surface area (Å²) in [5.41, 5.74) is 1.33. The summed E-state index contributed by atoms with van der Waals surface area (Å²) in [5.74, 6) is 0. The zero-order valence-corrected chi connectivity index (χ0v) is 13.0. The van der Waals surface area contributed by atoms with Crippen molar-refractivity contribution in [2.75, 3.05) is 13.1 Å². The van der Waals surface area contributed by atoms with Crippen LogP contribution in [-0.4, -0.2) is 33.6 Å². The Bertz CT molecular complexity index is 593. The van der Waals surface area contributed by atoms with Crippen LogP contribution in [0.5, 0.6) is 0 Å². The number of hydrogen-bond donors (Lipinski definition) is 1. The van der Waals surface area contributed by atoms with E-state index < -0.39 is 0 Å². The highest BCUT2D eigenvalue weighted by atomic mass is 32.1. The summed E-state index contributed by atoms with van der Waals surface area (Å²) in [6.07, 6.45) is 7.34. The molecule has 0 saturated heterocycles. The van der Waals surface area contributed by atoms with E-state index in [1.54, 1.807) is 23.9 Å². The molecule has 0 unspecified atom stereocenters. The maximum Gasteiger partial charge on any atom is 0.317 e. The number of amides is 2. The minimum atomic E-state index is 0.0406. The van der Waals surface area contributed by atoms with Crippen LogP contribution in [0.2, 0.25) is 0 Å². The zero-order valence-electron chi connectivity index (χ0n) is 12.2. The molecule has 2 amide bonds. The third-order valence-corrected chi connectivity index (χ3v) is 4.94. The molecule has 1 aliphatic heterocycles. The van der Waals surface area contributed by atoms with Gasteiger partial charge in [0.15, 0.2) is 0 Å². The monoisotopic (exact) mass is 304 g/mol. The highest BCUT2D eigenvalue weighted by Crippen LogP contribution is 2.34. The predicted molar refractivity (Wildman–Crippen MR) is 83.4 cm³/mol. The fraction of sp³-hybridized carbons (Fsp3) is 0.467. The van der Waals surface area contributed by atoms with E-state index in [2.05, 4.69) is 28.7 Å². The van der Waals surface area contributed by atoms with E-state index in [1.807, 2.05) is 15.7 Å². The third kappa shape index (κ3) is 2.95. The maximum atomic E-state index is 12.4. The molecule has 5 nitrogen and oxygen atoms in total. The molecule has 0 aliphatic carbocycles. The number of fused-ring (bicyclic) bond motifs is 1. The largest absolute Gasteiger partial charge is 0.336 e. The molecule has 1 N–H and O–H groups in total. The lowest BCUT2D eigenvalue weighted by atomic mass is 9.98. The Morgan fingerprint density at radius 3 is 3.24 bits per heavy atom. The number of nitrogens with one attached hydrogen (secondary N) is 1. The van der Waals surface area contributed by atoms with E-state index in [0.717, 1.165) is 25.9 Å². The molecule has 1 atom stereocenters. The van der Waals surface area contributed by atoms with Crippen molar-refractivity contribution in [1.29, 1.82) is 0 Å². The molecule has 3 heterocycles. The van der Waals surface area contributed by atoms with E-state index >= 15 is 0 Å². The topological polar surface area (TPSA) is 50.2 Å². The first-order chi connectivity index (χ1) is 10.3. The molecule has 0 aromatic carbocycles. The number of urea groups is 1. The average Bonchev–Trinajstić information content (AvgIpc) is 3.16. The van der Waals surface area contributed by atoms with Gasteiger partial charge in [0.1, 0.15) is 0 Å². The van der Waals surface area contributed by atoms with Crippen LogP contribution in [0.25, 0.3) is 0 Å². The molecule has 1 aliphatic rings. The van der Waals surface area contributed by atoms with E-state index in [-0.39, 0.29) is 12.1 Å². The summed E-state index contributed by atoms with van der Waals surface area (Å²) in [5, 5.41) is 5.15. The lowest BCUT2D eigenvalue weighted by molar-refractivity contribution is 0.167. The molecular formula is C15H20N4OS. The van der Waals surface area contributed by atoms with Crippen molar-refractivity contribution in [1.82, 2.24) is 19.8 Å². The molecule has 0 bridgehead atoms. The van der Waals surface area contributed by atoms with Gasteiger partial charge in [0, 0.05) is 36.9 Å². The Balaban J connectivity index is 1.59. The minimum absolute atomic E-state index is 0.0406. The van der Waals surface area contributed by atoms with Gasteiger partial charge < -0.3 is 14.8 Å². The summed E-state index contributed by atoms with van der Waals surface area (Å²) in [4.78, 5) is 19.8. The molecule has 0 radical (unpaired) electrons. The Morgan fingerprint density at radius 1 is 1.57 bits per heavy atom. The quantitative estimate of drug-likeness (QED) is 0.944. The van der Waals surface area contributed by atoms with Crippen LogP contribution in [0, 0.1) is 0 Å². The second-order valence-corrected chi connectivity index (χ2v) is 6.20. The highest BCUT2D eigenvalue weighted by Gasteiger charge is 2.29. The molecule has 3 rings (SSSR count). The highest BCUT2D eigenvalue weighted by molar-refractivity contribution is 7.10. The van der Waals surface area contributed by atoms with Crippen molar-refractivity contribution in [3.8, 4) is 0 Å². The van der Waals surface area contributed by atoms with E-state index in [1.165, 1.54) is 10.4 Å². The normalized spacial score (nSPS) is 17.6. The summed E-state index contributed by atoms with van der Waals surface area (Å²) < 4.78 is 1.96. The van der Waals surface area contributed by atoms with Crippen LogP contribution in [0.4, 0.5) is 4.79 Å². The van der Waals surface area contributed by atoms with E-state index in [9.17, 15) is 4.79 Å². The lowest BCUT2D eigenvalue weighted by Gasteiger charge is -2.35. The van der Waals surface area contributed by atoms with Crippen molar-refractivity contribution in [2.45, 2.75) is 32.4 Å². The van der Waals surface area contributed by atoms with Crippen LogP contribution < -0.4 is 5.32 Å². The Hall–Kier alpha value is -1.82. The predicted octanol–water partition coefficient (Wildman–Crippen LogP) is 2.66. The first-order valence-corrected chi connectivity index (χ1v) is 8.24. The molecule has 2 aromatic rings. The van der Waals surface area contributed by atoms with Crippen LogP contribution in [0.15, 0.2) is 30.2 Å². The number of hydrogen-bond acceptors (Lipinski definition) is 3. The van der Waals surface area contributed by atoms with Gasteiger partial charge in [-0.3, -0.25) is 0 Å². The van der Waals surface area contributed by atoms with Crippen LogP contribution in [-0.2, 0) is 13.0 Å². The molecule has 2 aromatic heterocycles. The Kier molecular flexibility index (Phi) is 4.24. The summed E-state index contributed by atoms with van der Waals surface area (Å²) in [7, 11) is 0. The van der Waals surface area contributed by atoms with Gasteiger partial charge in [-0.1, -0.05) is 6.92 Å². The van der Waals surface area contributed by atoms with Gasteiger partial charge in [-0.2, -0.15) is 0 Å². The average molecular weight is 304 g/mol. The van der Waals surface area contributed by atoms with Gasteiger partial charge in [-0.25, -0.2) is 9.78 Å². The van der Waals surface area contributed by atoms with Gasteiger partial charge in [-0.15, -0.1) is 11.3 Å². The first-order valence-electron chi connectivity index (χ1n) is 7.36. The minimum Gasteiger partial charge on any atom is -0.336 e. The maximum absolute atomic E-state index is 12.4. The van der Waals surface area contributed by atoms with Crippen LogP contribution in [0.1, 0.15) is 29.8 Å². The fourth-order valence-corrected chi connectivity index (χ4v) is 3.82. The molecule has 0 saturated carbocycles. The van der Waals surface area contributed by atoms with Crippen molar-refractivity contribution in [2.24, 2.45) is 0 Å². The number of aromatic nitrogens is 2. The number of rotatable bonds is 4. The molecule has 112 valence electrons. The van der Waals surface area contributed by atoms with Gasteiger partial charge >= 0.3 is 6.03 Å². The van der Waals surface area contributed by atoms with Crippen molar-refractivity contribution in [3.05, 3.63) is 40.6 Å². The molecular weight excluding hydrogens is 284 g/mol. The molecule has 21 heavy (non-hydrogen) atoms. The summed E-state index contributed by atoms with van der Waals surface area (Å²) in [6.45, 7) is 4.32. The van der Waals surface area contributed by atoms with Gasteiger partial charge in [0.25, 0.3) is 0 Å². The third-order valence-electron chi connectivity index (χ3n) is 3.95. The number of imidazole rings is 1. The number of carbonyl (C=O) groups is 1. The standard InChI is InChI=1S/C15H20N4OS/c1-2-13-12-4-10-21-14(12)3-7-19(13)15(20)17-6-9-18-8-5-16-11-18/h4-5,8,10-11,13H,2-3,6-7,9H2,1H3,(H,17,20)/t13-/m1/s1. The van der Waals surface area contributed by atoms with Gasteiger partial charge in [0.05, 0.1) is 12.4 Å². The Labute approximate surface area is 128 Å². The first kappa shape index (κ1) is 14.1. The zero-order chi connectivity index (χ0) is 14.7. The second-order valence-electron chi connectivity index (χ2n) is 5.20.